The maximum absolute atomic E-state index is 13.8. The average molecular weight is 566 g/mol. The van der Waals surface area contributed by atoms with Crippen molar-refractivity contribution < 1.29 is 33.5 Å². The number of esters is 1. The molecule has 0 aromatic carbocycles. The van der Waals surface area contributed by atoms with Gasteiger partial charge in [0.1, 0.15) is 24.2 Å². The molecule has 1 aliphatic heterocycles. The van der Waals surface area contributed by atoms with Crippen molar-refractivity contribution in [2.45, 2.75) is 91.1 Å². The normalized spacial score (nSPS) is 27.9. The molecule has 1 saturated heterocycles. The van der Waals surface area contributed by atoms with Crippen LogP contribution in [0.5, 0.6) is 0 Å². The third-order valence-corrected chi connectivity index (χ3v) is 7.60. The first-order chi connectivity index (χ1) is 18.6. The van der Waals surface area contributed by atoms with Crippen LogP contribution in [0.4, 0.5) is 0 Å². The fourth-order valence-corrected chi connectivity index (χ4v) is 4.38. The molecule has 226 valence electrons. The maximum atomic E-state index is 13.8. The van der Waals surface area contributed by atoms with E-state index in [9.17, 15) is 28.8 Å². The minimum absolute atomic E-state index is 0.0227. The number of likely N-dealkylation sites (N-methyl/N-ethyl adjacent to an activating group) is 3. The van der Waals surface area contributed by atoms with Crippen LogP contribution in [0.2, 0.25) is 0 Å². The highest BCUT2D eigenvalue weighted by Gasteiger charge is 2.40. The van der Waals surface area contributed by atoms with Crippen LogP contribution < -0.4 is 10.6 Å². The molecule has 0 radical (unpaired) electrons. The predicted molar refractivity (Wildman–Crippen MR) is 150 cm³/mol. The minimum Gasteiger partial charge on any atom is -0.452 e. The number of amides is 5. The summed E-state index contributed by atoms with van der Waals surface area (Å²) < 4.78 is 5.36. The highest BCUT2D eigenvalue weighted by Crippen LogP contribution is 2.19. The summed E-state index contributed by atoms with van der Waals surface area (Å²) in [5, 5.41) is 5.40. The molecular formula is C28H47N5O7. The number of carbonyl (C=O) groups excluding carboxylic acids is 6. The summed E-state index contributed by atoms with van der Waals surface area (Å²) >= 11 is 0. The lowest BCUT2D eigenvalue weighted by atomic mass is 9.94. The molecule has 1 rings (SSSR count). The SMILES string of the molecule is C=CCC1OC(=O)CCNC(=O)C(C)N(C)C(=O)C(C(C)C)N(C)C(=O)C(C(C)CC)NC(=O)C(C)N(C)C1=O. The first kappa shape index (κ1) is 34.6. The summed E-state index contributed by atoms with van der Waals surface area (Å²) in [6, 6.07) is -3.78. The van der Waals surface area contributed by atoms with Crippen LogP contribution in [0.3, 0.4) is 0 Å². The molecule has 0 saturated carbocycles. The zero-order valence-electron chi connectivity index (χ0n) is 25.4. The second-order valence-electron chi connectivity index (χ2n) is 10.8. The summed E-state index contributed by atoms with van der Waals surface area (Å²) in [6.07, 6.45) is 0.589. The van der Waals surface area contributed by atoms with Crippen LogP contribution in [0.15, 0.2) is 12.7 Å². The van der Waals surface area contributed by atoms with E-state index in [1.807, 2.05) is 13.8 Å². The van der Waals surface area contributed by atoms with E-state index in [0.29, 0.717) is 6.42 Å². The summed E-state index contributed by atoms with van der Waals surface area (Å²) in [6.45, 7) is 13.9. The lowest BCUT2D eigenvalue weighted by molar-refractivity contribution is -0.161. The highest BCUT2D eigenvalue weighted by molar-refractivity contribution is 5.96. The van der Waals surface area contributed by atoms with Crippen molar-refractivity contribution in [2.24, 2.45) is 11.8 Å². The van der Waals surface area contributed by atoms with E-state index in [1.54, 1.807) is 20.8 Å². The fourth-order valence-electron chi connectivity index (χ4n) is 4.38. The van der Waals surface area contributed by atoms with Gasteiger partial charge in [0.05, 0.1) is 6.42 Å². The molecule has 6 unspecified atom stereocenters. The molecule has 2 N–H and O–H groups in total. The zero-order chi connectivity index (χ0) is 30.9. The molecule has 12 nitrogen and oxygen atoms in total. The smallest absolute Gasteiger partial charge is 0.308 e. The van der Waals surface area contributed by atoms with Crippen molar-refractivity contribution in [3.05, 3.63) is 12.7 Å². The Morgan fingerprint density at radius 3 is 1.98 bits per heavy atom. The highest BCUT2D eigenvalue weighted by atomic mass is 16.5. The summed E-state index contributed by atoms with van der Waals surface area (Å²) in [7, 11) is 4.40. The largest absolute Gasteiger partial charge is 0.452 e. The molecule has 6 atom stereocenters. The molecule has 0 bridgehead atoms. The van der Waals surface area contributed by atoms with Crippen LogP contribution in [0.1, 0.15) is 60.8 Å². The van der Waals surface area contributed by atoms with Crippen LogP contribution in [0, 0.1) is 11.8 Å². The Bertz CT molecular complexity index is 969. The molecule has 1 heterocycles. The van der Waals surface area contributed by atoms with Gasteiger partial charge < -0.3 is 30.1 Å². The Morgan fingerprint density at radius 1 is 0.900 bits per heavy atom. The Hall–Kier alpha value is -3.44. The number of rotatable bonds is 5. The van der Waals surface area contributed by atoms with Gasteiger partial charge >= 0.3 is 5.97 Å². The van der Waals surface area contributed by atoms with Crippen molar-refractivity contribution >= 4 is 35.5 Å². The minimum atomic E-state index is -1.21. The Kier molecular flexibility index (Phi) is 13.3. The maximum Gasteiger partial charge on any atom is 0.308 e. The second kappa shape index (κ2) is 15.4. The van der Waals surface area contributed by atoms with Gasteiger partial charge in [-0.15, -0.1) is 6.58 Å². The molecule has 40 heavy (non-hydrogen) atoms. The summed E-state index contributed by atoms with van der Waals surface area (Å²) in [5.41, 5.74) is 0. The van der Waals surface area contributed by atoms with Gasteiger partial charge in [0.2, 0.25) is 23.6 Å². The van der Waals surface area contributed by atoms with Gasteiger partial charge in [-0.1, -0.05) is 40.2 Å². The van der Waals surface area contributed by atoms with Crippen molar-refractivity contribution in [3.63, 3.8) is 0 Å². The van der Waals surface area contributed by atoms with E-state index in [4.69, 9.17) is 4.74 Å². The van der Waals surface area contributed by atoms with Crippen molar-refractivity contribution in [2.75, 3.05) is 27.7 Å². The van der Waals surface area contributed by atoms with Crippen molar-refractivity contribution in [1.29, 1.82) is 0 Å². The third-order valence-electron chi connectivity index (χ3n) is 7.60. The van der Waals surface area contributed by atoms with Gasteiger partial charge in [-0.05, 0) is 25.7 Å². The average Bonchev–Trinajstić information content (AvgIpc) is 2.91. The molecular weight excluding hydrogens is 518 g/mol. The number of ether oxygens (including phenoxy) is 1. The van der Waals surface area contributed by atoms with Crippen LogP contribution in [0.25, 0.3) is 0 Å². The Balaban J connectivity index is 3.55. The first-order valence-corrected chi connectivity index (χ1v) is 13.8. The predicted octanol–water partition coefficient (Wildman–Crippen LogP) is 0.702. The van der Waals surface area contributed by atoms with Gasteiger partial charge in [0.25, 0.3) is 5.91 Å². The van der Waals surface area contributed by atoms with Crippen molar-refractivity contribution in [1.82, 2.24) is 25.3 Å². The number of hydrogen-bond donors (Lipinski definition) is 2. The standard InChI is InChI=1S/C28H47N5O7/c1-11-13-20-26(37)31(8)19(7)25(36)30-22(17(5)12-2)27(38)33(10)23(16(3)4)28(39)32(9)18(6)24(35)29-15-14-21(34)40-20/h11,16-20,22-23H,1,12-15H2,2-10H3,(H,29,35)(H,30,36). The number of cyclic esters (lactones) is 1. The number of hydrogen-bond acceptors (Lipinski definition) is 7. The van der Waals surface area contributed by atoms with Gasteiger partial charge in [-0.3, -0.25) is 28.8 Å². The lowest BCUT2D eigenvalue weighted by Gasteiger charge is -2.38. The quantitative estimate of drug-likeness (QED) is 0.369. The van der Waals surface area contributed by atoms with Gasteiger partial charge in [0, 0.05) is 34.1 Å². The molecule has 12 heteroatoms. The molecule has 0 aliphatic carbocycles. The van der Waals surface area contributed by atoms with Crippen LogP contribution in [-0.4, -0.2) is 108 Å². The number of nitrogens with zero attached hydrogens (tertiary/aromatic N) is 3. The van der Waals surface area contributed by atoms with E-state index in [-0.39, 0.29) is 31.2 Å². The lowest BCUT2D eigenvalue weighted by Crippen LogP contribution is -2.60. The van der Waals surface area contributed by atoms with Gasteiger partial charge in [-0.2, -0.15) is 0 Å². The molecule has 0 aromatic rings. The Morgan fingerprint density at radius 2 is 1.45 bits per heavy atom. The van der Waals surface area contributed by atoms with Crippen LogP contribution >= 0.6 is 0 Å². The van der Waals surface area contributed by atoms with Crippen LogP contribution in [-0.2, 0) is 33.5 Å². The summed E-state index contributed by atoms with van der Waals surface area (Å²) in [4.78, 5) is 82.9. The molecule has 5 amide bonds. The molecule has 1 aliphatic rings. The number of nitrogens with one attached hydrogen (secondary N) is 2. The first-order valence-electron chi connectivity index (χ1n) is 13.8. The van der Waals surface area contributed by atoms with E-state index >= 15 is 0 Å². The van der Waals surface area contributed by atoms with E-state index in [1.165, 1.54) is 43.9 Å². The number of carbonyl (C=O) groups is 6. The van der Waals surface area contributed by atoms with E-state index in [2.05, 4.69) is 17.2 Å². The van der Waals surface area contributed by atoms with E-state index < -0.39 is 65.8 Å². The summed E-state index contributed by atoms with van der Waals surface area (Å²) in [5.74, 6) is -3.88. The third kappa shape index (κ3) is 8.53. The fraction of sp³-hybridized carbons (Fsp3) is 0.714. The van der Waals surface area contributed by atoms with Crippen molar-refractivity contribution in [3.8, 4) is 0 Å². The van der Waals surface area contributed by atoms with Gasteiger partial charge in [-0.25, -0.2) is 0 Å². The monoisotopic (exact) mass is 565 g/mol. The van der Waals surface area contributed by atoms with E-state index in [0.717, 1.165) is 4.90 Å². The Labute approximate surface area is 237 Å². The second-order valence-corrected chi connectivity index (χ2v) is 10.8. The molecule has 0 aromatic heterocycles. The zero-order valence-corrected chi connectivity index (χ0v) is 25.4. The van der Waals surface area contributed by atoms with Gasteiger partial charge in [0.15, 0.2) is 6.10 Å². The molecule has 0 spiro atoms. The topological polar surface area (TPSA) is 145 Å². The molecule has 1 fully saturated rings.